The summed E-state index contributed by atoms with van der Waals surface area (Å²) in [6, 6.07) is 6.09. The molecule has 0 spiro atoms. The highest BCUT2D eigenvalue weighted by atomic mass is 79.9. The Morgan fingerprint density at radius 3 is 2.86 bits per heavy atom. The second kappa shape index (κ2) is 6.02. The van der Waals surface area contributed by atoms with Gasteiger partial charge in [-0.25, -0.2) is 0 Å². The quantitative estimate of drug-likeness (QED) is 0.586. The summed E-state index contributed by atoms with van der Waals surface area (Å²) in [6.07, 6.45) is 9.85. The first-order valence-corrected chi connectivity index (χ1v) is 8.03. The minimum atomic E-state index is -0.418. The van der Waals surface area contributed by atoms with Gasteiger partial charge in [0.1, 0.15) is 0 Å². The molecule has 3 rings (SSSR count). The van der Waals surface area contributed by atoms with Crippen molar-refractivity contribution in [2.45, 2.75) is 32.2 Å². The van der Waals surface area contributed by atoms with Crippen LogP contribution in [0, 0.1) is 16.0 Å². The Morgan fingerprint density at radius 1 is 1.38 bits per heavy atom. The molecule has 0 N–H and O–H groups in total. The molecule has 2 aromatic rings. The van der Waals surface area contributed by atoms with Crippen molar-refractivity contribution in [1.29, 1.82) is 0 Å². The molecule has 1 aliphatic carbocycles. The van der Waals surface area contributed by atoms with Gasteiger partial charge in [-0.2, -0.15) is 0 Å². The maximum Gasteiger partial charge on any atom is 0.235 e. The molecule has 1 aromatic heterocycles. The van der Waals surface area contributed by atoms with Gasteiger partial charge in [-0.15, -0.1) is 0 Å². The van der Waals surface area contributed by atoms with Gasteiger partial charge < -0.3 is 4.57 Å². The Morgan fingerprint density at radius 2 is 2.14 bits per heavy atom. The molecule has 4 nitrogen and oxygen atoms in total. The summed E-state index contributed by atoms with van der Waals surface area (Å²) in [6.45, 7) is 0.999. The molecule has 110 valence electrons. The molecule has 1 fully saturated rings. The van der Waals surface area contributed by atoms with Crippen molar-refractivity contribution in [3.63, 3.8) is 0 Å². The fourth-order valence-corrected chi connectivity index (χ4v) is 3.54. The van der Waals surface area contributed by atoms with E-state index < -0.39 is 4.92 Å². The number of hydrogen-bond donors (Lipinski definition) is 0. The molecule has 0 unspecified atom stereocenters. The van der Waals surface area contributed by atoms with E-state index in [9.17, 15) is 10.1 Å². The first-order chi connectivity index (χ1) is 10.1. The van der Waals surface area contributed by atoms with Gasteiger partial charge in [0.05, 0.1) is 4.92 Å². The van der Waals surface area contributed by atoms with Gasteiger partial charge in [-0.3, -0.25) is 10.1 Å². The van der Waals surface area contributed by atoms with Crippen molar-refractivity contribution < 1.29 is 4.92 Å². The van der Waals surface area contributed by atoms with Crippen LogP contribution < -0.4 is 0 Å². The molecule has 0 atom stereocenters. The normalized spacial score (nSPS) is 16.2. The van der Waals surface area contributed by atoms with Gasteiger partial charge in [0.2, 0.25) is 6.20 Å². The molecule has 1 saturated carbocycles. The number of nitrogens with zero attached hydrogens (tertiary/aromatic N) is 2. The molecule has 5 heteroatoms. The van der Waals surface area contributed by atoms with E-state index in [1.807, 2.05) is 18.3 Å². The fourth-order valence-electron chi connectivity index (χ4n) is 3.19. The van der Waals surface area contributed by atoms with Crippen LogP contribution in [0.5, 0.6) is 0 Å². The molecule has 0 saturated heterocycles. The van der Waals surface area contributed by atoms with E-state index in [0.29, 0.717) is 0 Å². The van der Waals surface area contributed by atoms with Crippen LogP contribution in [0.3, 0.4) is 0 Å². The molecule has 0 radical (unpaired) electrons. The second-order valence-corrected chi connectivity index (χ2v) is 6.57. The summed E-state index contributed by atoms with van der Waals surface area (Å²) in [4.78, 5) is 10.1. The Hall–Kier alpha value is -1.62. The van der Waals surface area contributed by atoms with Gasteiger partial charge in [0, 0.05) is 39.8 Å². The van der Waals surface area contributed by atoms with E-state index in [0.717, 1.165) is 39.6 Å². The lowest BCUT2D eigenvalue weighted by Crippen LogP contribution is -2.05. The predicted octanol–water partition coefficient (Wildman–Crippen LogP) is 4.84. The third-order valence-corrected chi connectivity index (χ3v) is 4.67. The molecular weight excluding hydrogens is 332 g/mol. The lowest BCUT2D eigenvalue weighted by Gasteiger charge is -2.11. The zero-order chi connectivity index (χ0) is 14.8. The monoisotopic (exact) mass is 348 g/mol. The van der Waals surface area contributed by atoms with Crippen LogP contribution in [0.1, 0.15) is 31.2 Å². The summed E-state index contributed by atoms with van der Waals surface area (Å²) in [5.41, 5.74) is 2.05. The number of benzene rings is 1. The highest BCUT2D eigenvalue weighted by Gasteiger charge is 2.17. The van der Waals surface area contributed by atoms with Crippen LogP contribution in [0.4, 0.5) is 0 Å². The standard InChI is InChI=1S/C16H17BrN2O2/c17-14-5-6-15-13(7-8-19(20)21)11-18(16(15)9-14)10-12-3-1-2-4-12/h5-9,11-12H,1-4,10H2/b8-7+. The summed E-state index contributed by atoms with van der Waals surface area (Å²) in [5.74, 6) is 0.729. The number of aromatic nitrogens is 1. The van der Waals surface area contributed by atoms with E-state index in [2.05, 4.69) is 26.6 Å². The van der Waals surface area contributed by atoms with Crippen molar-refractivity contribution in [2.75, 3.05) is 0 Å². The van der Waals surface area contributed by atoms with Gasteiger partial charge in [-0.1, -0.05) is 34.8 Å². The topological polar surface area (TPSA) is 48.1 Å². The minimum Gasteiger partial charge on any atom is -0.347 e. The molecule has 0 aliphatic heterocycles. The molecule has 21 heavy (non-hydrogen) atoms. The van der Waals surface area contributed by atoms with Crippen LogP contribution in [0.15, 0.2) is 35.1 Å². The van der Waals surface area contributed by atoms with Gasteiger partial charge in [0.15, 0.2) is 0 Å². The SMILES string of the molecule is O=[N+]([O-])/C=C/c1cn(CC2CCCC2)c2cc(Br)ccc12. The van der Waals surface area contributed by atoms with Crippen molar-refractivity contribution in [2.24, 2.45) is 5.92 Å². The maximum absolute atomic E-state index is 10.6. The second-order valence-electron chi connectivity index (χ2n) is 5.65. The smallest absolute Gasteiger partial charge is 0.235 e. The highest BCUT2D eigenvalue weighted by Crippen LogP contribution is 2.31. The van der Waals surface area contributed by atoms with Crippen molar-refractivity contribution >= 4 is 32.9 Å². The fraction of sp³-hybridized carbons (Fsp3) is 0.375. The summed E-state index contributed by atoms with van der Waals surface area (Å²) < 4.78 is 3.28. The highest BCUT2D eigenvalue weighted by molar-refractivity contribution is 9.10. The average molecular weight is 349 g/mol. The van der Waals surface area contributed by atoms with Gasteiger partial charge in [-0.05, 0) is 30.9 Å². The van der Waals surface area contributed by atoms with E-state index in [-0.39, 0.29) is 0 Å². The summed E-state index contributed by atoms with van der Waals surface area (Å²) in [7, 11) is 0. The van der Waals surface area contributed by atoms with Crippen LogP contribution in [-0.4, -0.2) is 9.49 Å². The minimum absolute atomic E-state index is 0.418. The lowest BCUT2D eigenvalue weighted by molar-refractivity contribution is -0.400. The maximum atomic E-state index is 10.6. The molecule has 1 heterocycles. The molecule has 1 aromatic carbocycles. The van der Waals surface area contributed by atoms with E-state index in [1.54, 1.807) is 6.08 Å². The Balaban J connectivity index is 2.01. The Labute approximate surface area is 131 Å². The predicted molar refractivity (Wildman–Crippen MR) is 87.6 cm³/mol. The van der Waals surface area contributed by atoms with Gasteiger partial charge in [0.25, 0.3) is 0 Å². The first kappa shape index (κ1) is 14.3. The largest absolute Gasteiger partial charge is 0.347 e. The summed E-state index contributed by atoms with van der Waals surface area (Å²) >= 11 is 3.51. The van der Waals surface area contributed by atoms with Gasteiger partial charge >= 0.3 is 0 Å². The van der Waals surface area contributed by atoms with Crippen molar-refractivity contribution in [3.8, 4) is 0 Å². The summed E-state index contributed by atoms with van der Waals surface area (Å²) in [5, 5.41) is 11.6. The third-order valence-electron chi connectivity index (χ3n) is 4.18. The average Bonchev–Trinajstić information content (AvgIpc) is 3.05. The number of hydrogen-bond acceptors (Lipinski definition) is 2. The van der Waals surface area contributed by atoms with E-state index in [1.165, 1.54) is 25.7 Å². The Kier molecular flexibility index (Phi) is 4.10. The zero-order valence-electron chi connectivity index (χ0n) is 11.7. The molecule has 1 aliphatic rings. The molecular formula is C16H17BrN2O2. The van der Waals surface area contributed by atoms with Crippen molar-refractivity contribution in [3.05, 3.63) is 50.7 Å². The zero-order valence-corrected chi connectivity index (χ0v) is 13.3. The number of halogens is 1. The van der Waals surface area contributed by atoms with Crippen molar-refractivity contribution in [1.82, 2.24) is 4.57 Å². The number of nitro groups is 1. The van der Waals surface area contributed by atoms with Crippen LogP contribution in [0.25, 0.3) is 17.0 Å². The first-order valence-electron chi connectivity index (χ1n) is 7.23. The van der Waals surface area contributed by atoms with E-state index >= 15 is 0 Å². The van der Waals surface area contributed by atoms with Crippen LogP contribution in [-0.2, 0) is 6.54 Å². The van der Waals surface area contributed by atoms with E-state index in [4.69, 9.17) is 0 Å². The van der Waals surface area contributed by atoms with Crippen LogP contribution in [0.2, 0.25) is 0 Å². The molecule has 0 bridgehead atoms. The number of rotatable bonds is 4. The van der Waals surface area contributed by atoms with Crippen LogP contribution >= 0.6 is 15.9 Å². The Bertz CT molecular complexity index is 700. The third kappa shape index (κ3) is 3.18. The molecule has 0 amide bonds. The number of fused-ring (bicyclic) bond motifs is 1. The lowest BCUT2D eigenvalue weighted by atomic mass is 10.1.